The fourth-order valence-corrected chi connectivity index (χ4v) is 5.82. The minimum absolute atomic E-state index is 0.0890. The smallest absolute Gasteiger partial charge is 0.163 e. The van der Waals surface area contributed by atoms with E-state index in [0.717, 1.165) is 41.8 Å². The Labute approximate surface area is 186 Å². The Hall–Kier alpha value is -1.29. The first kappa shape index (κ1) is 19.0. The molecule has 0 aromatic heterocycles. The van der Waals surface area contributed by atoms with E-state index in [9.17, 15) is 9.90 Å². The third-order valence-electron chi connectivity index (χ3n) is 5.09. The quantitative estimate of drug-likeness (QED) is 0.369. The highest BCUT2D eigenvalue weighted by Crippen LogP contribution is 2.47. The van der Waals surface area contributed by atoms with Crippen molar-refractivity contribution in [3.05, 3.63) is 60.4 Å². The topological polar surface area (TPSA) is 61.4 Å². The molecule has 1 unspecified atom stereocenters. The number of aromatic hydroxyl groups is 1. The predicted octanol–water partition coefficient (Wildman–Crippen LogP) is 5.82. The van der Waals surface area contributed by atoms with Crippen molar-refractivity contribution in [1.82, 2.24) is 0 Å². The number of anilines is 2. The number of nitrogens with one attached hydrogen (secondary N) is 2. The Bertz CT molecular complexity index is 982. The minimum Gasteiger partial charge on any atom is -0.506 e. The summed E-state index contributed by atoms with van der Waals surface area (Å²) < 4.78 is 1.82. The number of carbonyl (C=O) groups excluding carboxylic acids is 1. The number of hydrogen-bond acceptors (Lipinski definition) is 4. The van der Waals surface area contributed by atoms with Gasteiger partial charge in [-0.3, -0.25) is 4.79 Å². The Kier molecular flexibility index (Phi) is 4.90. The highest BCUT2D eigenvalue weighted by atomic mass is 127. The molecule has 0 bridgehead atoms. The van der Waals surface area contributed by atoms with Crippen LogP contribution in [0, 0.1) is 12.6 Å². The molecule has 4 nitrogen and oxygen atoms in total. The van der Waals surface area contributed by atoms with Crippen LogP contribution in [0.5, 0.6) is 5.75 Å². The summed E-state index contributed by atoms with van der Waals surface area (Å²) in [6.45, 7) is 4.25. The van der Waals surface area contributed by atoms with Gasteiger partial charge >= 0.3 is 0 Å². The first-order valence-corrected chi connectivity index (χ1v) is 11.0. The number of allylic oxidation sites excluding steroid dienone is 1. The Balaban J connectivity index is 1.95. The Morgan fingerprint density at radius 3 is 2.56 bits per heavy atom. The zero-order chi connectivity index (χ0) is 19.3. The number of carbonyl (C=O) groups is 1. The average molecular weight is 586 g/mol. The van der Waals surface area contributed by atoms with Gasteiger partial charge in [0.1, 0.15) is 5.75 Å². The number of phenolic OH excluding ortho intramolecular Hbond substituents is 1. The van der Waals surface area contributed by atoms with Gasteiger partial charge in [0.2, 0.25) is 0 Å². The van der Waals surface area contributed by atoms with Gasteiger partial charge in [-0.05, 0) is 81.3 Å². The zero-order valence-electron chi connectivity index (χ0n) is 15.1. The van der Waals surface area contributed by atoms with Crippen LogP contribution < -0.4 is 10.6 Å². The zero-order valence-corrected chi connectivity index (χ0v) is 19.4. The summed E-state index contributed by atoms with van der Waals surface area (Å²) in [7, 11) is 0. The molecule has 0 amide bonds. The largest absolute Gasteiger partial charge is 0.506 e. The molecular weight excluding hydrogens is 566 g/mol. The van der Waals surface area contributed by atoms with E-state index in [1.165, 1.54) is 0 Å². The molecule has 0 fully saturated rings. The molecular formula is C21H20I2N2O2. The lowest BCUT2D eigenvalue weighted by molar-refractivity contribution is -0.118. The minimum atomic E-state index is -0.386. The number of para-hydroxylation sites is 2. The van der Waals surface area contributed by atoms with E-state index in [4.69, 9.17) is 0 Å². The van der Waals surface area contributed by atoms with Gasteiger partial charge in [0, 0.05) is 26.8 Å². The summed E-state index contributed by atoms with van der Waals surface area (Å²) in [5, 5.41) is 17.8. The summed E-state index contributed by atoms with van der Waals surface area (Å²) in [6.07, 6.45) is 1.30. The predicted molar refractivity (Wildman–Crippen MR) is 125 cm³/mol. The molecule has 4 rings (SSSR count). The molecule has 140 valence electrons. The SMILES string of the molecule is CC1(C)CC(=O)C2=C(C1)Nc1ccccc1NC2c1cc(I)cc(I)c1O. The second kappa shape index (κ2) is 6.95. The van der Waals surface area contributed by atoms with E-state index in [2.05, 4.69) is 69.7 Å². The van der Waals surface area contributed by atoms with Gasteiger partial charge in [0.25, 0.3) is 0 Å². The second-order valence-corrected chi connectivity index (χ2v) is 10.3. The number of phenols is 1. The Morgan fingerprint density at radius 2 is 1.81 bits per heavy atom. The van der Waals surface area contributed by atoms with Crippen LogP contribution in [0.15, 0.2) is 47.7 Å². The van der Waals surface area contributed by atoms with E-state index in [0.29, 0.717) is 6.42 Å². The summed E-state index contributed by atoms with van der Waals surface area (Å²) in [6, 6.07) is 11.5. The summed E-state index contributed by atoms with van der Waals surface area (Å²) in [4.78, 5) is 13.2. The molecule has 1 atom stereocenters. The lowest BCUT2D eigenvalue weighted by Crippen LogP contribution is -2.31. The number of hydrogen-bond donors (Lipinski definition) is 3. The van der Waals surface area contributed by atoms with Gasteiger partial charge in [0.15, 0.2) is 5.78 Å². The molecule has 1 heterocycles. The highest BCUT2D eigenvalue weighted by Gasteiger charge is 2.39. The maximum absolute atomic E-state index is 13.2. The van der Waals surface area contributed by atoms with Gasteiger partial charge < -0.3 is 15.7 Å². The van der Waals surface area contributed by atoms with Crippen molar-refractivity contribution in [2.24, 2.45) is 5.41 Å². The summed E-state index contributed by atoms with van der Waals surface area (Å²) in [5.74, 6) is 0.365. The van der Waals surface area contributed by atoms with Crippen molar-refractivity contribution < 1.29 is 9.90 Å². The van der Waals surface area contributed by atoms with Crippen LogP contribution in [0.1, 0.15) is 38.3 Å². The molecule has 2 aliphatic rings. The van der Waals surface area contributed by atoms with E-state index < -0.39 is 0 Å². The molecule has 1 aliphatic heterocycles. The van der Waals surface area contributed by atoms with Crippen LogP contribution in [0.2, 0.25) is 0 Å². The third kappa shape index (κ3) is 3.57. The molecule has 2 aromatic rings. The molecule has 6 heteroatoms. The summed E-state index contributed by atoms with van der Waals surface area (Å²) in [5.41, 5.74) is 4.22. The fraction of sp³-hybridized carbons (Fsp3) is 0.286. The van der Waals surface area contributed by atoms with Crippen LogP contribution in [0.4, 0.5) is 11.4 Å². The van der Waals surface area contributed by atoms with E-state index >= 15 is 0 Å². The van der Waals surface area contributed by atoms with Crippen LogP contribution in [-0.4, -0.2) is 10.9 Å². The molecule has 0 radical (unpaired) electrons. The van der Waals surface area contributed by atoms with Gasteiger partial charge in [-0.25, -0.2) is 0 Å². The normalized spacial score (nSPS) is 20.9. The van der Waals surface area contributed by atoms with Gasteiger partial charge in [-0.1, -0.05) is 26.0 Å². The number of rotatable bonds is 1. The second-order valence-electron chi connectivity index (χ2n) is 7.91. The molecule has 27 heavy (non-hydrogen) atoms. The number of Topliss-reactive ketones (excluding diaryl/α,β-unsaturated/α-hetero) is 1. The highest BCUT2D eigenvalue weighted by molar-refractivity contribution is 14.1. The lowest BCUT2D eigenvalue weighted by atomic mass is 9.73. The van der Waals surface area contributed by atoms with Crippen molar-refractivity contribution in [2.45, 2.75) is 32.7 Å². The first-order valence-electron chi connectivity index (χ1n) is 8.82. The van der Waals surface area contributed by atoms with Gasteiger partial charge in [-0.2, -0.15) is 0 Å². The maximum atomic E-state index is 13.2. The van der Waals surface area contributed by atoms with Gasteiger partial charge in [-0.15, -0.1) is 0 Å². The maximum Gasteiger partial charge on any atom is 0.163 e. The van der Waals surface area contributed by atoms with Crippen LogP contribution in [0.25, 0.3) is 0 Å². The first-order chi connectivity index (χ1) is 12.7. The molecule has 0 spiro atoms. The fourth-order valence-electron chi connectivity index (χ4n) is 3.93. The van der Waals surface area contributed by atoms with Crippen molar-refractivity contribution >= 4 is 62.3 Å². The van der Waals surface area contributed by atoms with Crippen molar-refractivity contribution in [3.63, 3.8) is 0 Å². The van der Waals surface area contributed by atoms with Crippen molar-refractivity contribution in [2.75, 3.05) is 10.6 Å². The Morgan fingerprint density at radius 1 is 1.11 bits per heavy atom. The van der Waals surface area contributed by atoms with E-state index in [-0.39, 0.29) is 23.0 Å². The molecule has 2 aromatic carbocycles. The standard InChI is InChI=1S/C21H20I2N2O2/c1-21(2)9-16-18(17(26)10-21)19(12-7-11(22)8-13(23)20(12)27)25-15-6-4-3-5-14(15)24-16/h3-8,19,24-25,27H,9-10H2,1-2H3. The van der Waals surface area contributed by atoms with Crippen molar-refractivity contribution in [3.8, 4) is 5.75 Å². The molecule has 0 saturated heterocycles. The number of benzene rings is 2. The third-order valence-corrected chi connectivity index (χ3v) is 6.53. The van der Waals surface area contributed by atoms with Crippen LogP contribution >= 0.6 is 45.2 Å². The number of halogens is 2. The van der Waals surface area contributed by atoms with Crippen LogP contribution in [0.3, 0.4) is 0 Å². The monoisotopic (exact) mass is 586 g/mol. The van der Waals surface area contributed by atoms with Crippen LogP contribution in [-0.2, 0) is 4.79 Å². The number of ketones is 1. The average Bonchev–Trinajstić information content (AvgIpc) is 2.73. The molecule has 0 saturated carbocycles. The van der Waals surface area contributed by atoms with Crippen molar-refractivity contribution in [1.29, 1.82) is 0 Å². The molecule has 3 N–H and O–H groups in total. The lowest BCUT2D eigenvalue weighted by Gasteiger charge is -2.34. The molecule has 1 aliphatic carbocycles. The van der Waals surface area contributed by atoms with E-state index in [1.54, 1.807) is 0 Å². The van der Waals surface area contributed by atoms with E-state index in [1.807, 2.05) is 36.4 Å². The summed E-state index contributed by atoms with van der Waals surface area (Å²) >= 11 is 4.39. The van der Waals surface area contributed by atoms with Gasteiger partial charge in [0.05, 0.1) is 21.0 Å². The number of fused-ring (bicyclic) bond motifs is 1.